The van der Waals surface area contributed by atoms with Gasteiger partial charge < -0.3 is 15.2 Å². The molecular formula is C11H12ClN3O3. The number of carbonyl (C=O) groups is 1. The Balaban J connectivity index is 2.38. The molecule has 0 aliphatic rings. The Hall–Kier alpha value is -1.79. The zero-order valence-corrected chi connectivity index (χ0v) is 10.4. The minimum atomic E-state index is -1.02. The highest BCUT2D eigenvalue weighted by Gasteiger charge is 2.13. The van der Waals surface area contributed by atoms with Crippen LogP contribution in [-0.4, -0.2) is 41.0 Å². The van der Waals surface area contributed by atoms with Crippen molar-refractivity contribution in [1.29, 1.82) is 0 Å². The zero-order chi connectivity index (χ0) is 13.1. The van der Waals surface area contributed by atoms with Gasteiger partial charge in [-0.2, -0.15) is 5.10 Å². The number of fused-ring (bicyclic) bond motifs is 1. The van der Waals surface area contributed by atoms with E-state index in [1.165, 1.54) is 10.7 Å². The number of rotatable bonds is 5. The van der Waals surface area contributed by atoms with Crippen LogP contribution < -0.4 is 5.32 Å². The number of aromatic carboxylic acids is 1. The third kappa shape index (κ3) is 2.39. The SMILES string of the molecule is COCCNc1cc2c(C(=O)O)cnn2cc1Cl. The highest BCUT2D eigenvalue weighted by atomic mass is 35.5. The highest BCUT2D eigenvalue weighted by Crippen LogP contribution is 2.24. The third-order valence-corrected chi connectivity index (χ3v) is 2.76. The molecule has 2 aromatic rings. The largest absolute Gasteiger partial charge is 0.478 e. The average molecular weight is 270 g/mol. The van der Waals surface area contributed by atoms with E-state index in [2.05, 4.69) is 10.4 Å². The number of carboxylic acid groups (broad SMARTS) is 1. The number of halogens is 1. The summed E-state index contributed by atoms with van der Waals surface area (Å²) in [7, 11) is 1.60. The number of anilines is 1. The van der Waals surface area contributed by atoms with E-state index in [0.29, 0.717) is 29.4 Å². The molecule has 0 unspecified atom stereocenters. The molecule has 0 radical (unpaired) electrons. The fourth-order valence-electron chi connectivity index (χ4n) is 1.59. The summed E-state index contributed by atoms with van der Waals surface area (Å²) in [5.74, 6) is -1.02. The standard InChI is InChI=1S/C11H12ClN3O3/c1-18-3-2-13-9-4-10-7(11(16)17)5-14-15(10)6-8(9)12/h4-6,13H,2-3H2,1H3,(H,16,17). The lowest BCUT2D eigenvalue weighted by molar-refractivity contribution is 0.0699. The van der Waals surface area contributed by atoms with Crippen molar-refractivity contribution >= 4 is 28.8 Å². The summed E-state index contributed by atoms with van der Waals surface area (Å²) in [6, 6.07) is 1.66. The van der Waals surface area contributed by atoms with Crippen LogP contribution in [0.4, 0.5) is 5.69 Å². The van der Waals surface area contributed by atoms with Crippen LogP contribution in [0, 0.1) is 0 Å². The highest BCUT2D eigenvalue weighted by molar-refractivity contribution is 6.33. The molecule has 96 valence electrons. The fourth-order valence-corrected chi connectivity index (χ4v) is 1.80. The van der Waals surface area contributed by atoms with Crippen LogP contribution in [0.2, 0.25) is 5.02 Å². The quantitative estimate of drug-likeness (QED) is 0.809. The summed E-state index contributed by atoms with van der Waals surface area (Å²) < 4.78 is 6.36. The molecule has 6 nitrogen and oxygen atoms in total. The van der Waals surface area contributed by atoms with Crippen molar-refractivity contribution in [2.75, 3.05) is 25.6 Å². The van der Waals surface area contributed by atoms with Gasteiger partial charge in [-0.1, -0.05) is 11.6 Å². The number of hydrogen-bond acceptors (Lipinski definition) is 4. The van der Waals surface area contributed by atoms with Crippen LogP contribution in [0.25, 0.3) is 5.52 Å². The predicted molar refractivity (Wildman–Crippen MR) is 67.5 cm³/mol. The Bertz CT molecular complexity index is 582. The molecule has 2 rings (SSSR count). The molecule has 0 saturated heterocycles. The first-order valence-electron chi connectivity index (χ1n) is 5.26. The van der Waals surface area contributed by atoms with Gasteiger partial charge in [0.15, 0.2) is 0 Å². The first-order valence-corrected chi connectivity index (χ1v) is 5.64. The van der Waals surface area contributed by atoms with Gasteiger partial charge in [0, 0.05) is 19.9 Å². The molecule has 0 aromatic carbocycles. The Kier molecular flexibility index (Phi) is 3.69. The first kappa shape index (κ1) is 12.7. The van der Waals surface area contributed by atoms with Gasteiger partial charge in [0.2, 0.25) is 0 Å². The van der Waals surface area contributed by atoms with Crippen molar-refractivity contribution in [2.45, 2.75) is 0 Å². The molecule has 2 N–H and O–H groups in total. The molecule has 0 saturated carbocycles. The lowest BCUT2D eigenvalue weighted by atomic mass is 10.2. The van der Waals surface area contributed by atoms with E-state index in [9.17, 15) is 4.79 Å². The number of ether oxygens (including phenoxy) is 1. The fraction of sp³-hybridized carbons (Fsp3) is 0.273. The Labute approximate surface area is 108 Å². The number of hydrogen-bond donors (Lipinski definition) is 2. The molecule has 0 aliphatic heterocycles. The number of methoxy groups -OCH3 is 1. The molecule has 0 aliphatic carbocycles. The monoisotopic (exact) mass is 269 g/mol. The second-order valence-electron chi connectivity index (χ2n) is 3.65. The smallest absolute Gasteiger partial charge is 0.339 e. The van der Waals surface area contributed by atoms with Gasteiger partial charge >= 0.3 is 5.97 Å². The maximum absolute atomic E-state index is 11.0. The van der Waals surface area contributed by atoms with Gasteiger partial charge in [0.25, 0.3) is 0 Å². The molecule has 7 heteroatoms. The van der Waals surface area contributed by atoms with E-state index in [4.69, 9.17) is 21.4 Å². The average Bonchev–Trinajstić information content (AvgIpc) is 2.72. The maximum atomic E-state index is 11.0. The minimum Gasteiger partial charge on any atom is -0.478 e. The topological polar surface area (TPSA) is 75.9 Å². The summed E-state index contributed by atoms with van der Waals surface area (Å²) in [6.07, 6.45) is 2.87. The van der Waals surface area contributed by atoms with E-state index in [1.54, 1.807) is 19.4 Å². The molecule has 0 amide bonds. The van der Waals surface area contributed by atoms with Crippen LogP contribution in [-0.2, 0) is 4.74 Å². The van der Waals surface area contributed by atoms with Gasteiger partial charge in [-0.25, -0.2) is 9.31 Å². The molecular weight excluding hydrogens is 258 g/mol. The summed E-state index contributed by atoms with van der Waals surface area (Å²) in [5.41, 5.74) is 1.29. The Morgan fingerprint density at radius 2 is 2.44 bits per heavy atom. The Morgan fingerprint density at radius 3 is 3.11 bits per heavy atom. The third-order valence-electron chi connectivity index (χ3n) is 2.46. The number of nitrogens with zero attached hydrogens (tertiary/aromatic N) is 2. The van der Waals surface area contributed by atoms with Gasteiger partial charge in [-0.05, 0) is 6.07 Å². The van der Waals surface area contributed by atoms with Gasteiger partial charge in [-0.3, -0.25) is 0 Å². The summed E-state index contributed by atoms with van der Waals surface area (Å²) in [6.45, 7) is 1.12. The predicted octanol–water partition coefficient (Wildman–Crippen LogP) is 1.74. The second-order valence-corrected chi connectivity index (χ2v) is 4.06. The van der Waals surface area contributed by atoms with Crippen LogP contribution in [0.15, 0.2) is 18.5 Å². The molecule has 2 aromatic heterocycles. The molecule has 0 atom stereocenters. The lowest BCUT2D eigenvalue weighted by Crippen LogP contribution is -2.08. The number of nitrogens with one attached hydrogen (secondary N) is 1. The first-order chi connectivity index (χ1) is 8.63. The molecule has 0 spiro atoms. The van der Waals surface area contributed by atoms with Crippen molar-refractivity contribution in [3.8, 4) is 0 Å². The Morgan fingerprint density at radius 1 is 1.67 bits per heavy atom. The van der Waals surface area contributed by atoms with Crippen molar-refractivity contribution in [3.63, 3.8) is 0 Å². The zero-order valence-electron chi connectivity index (χ0n) is 9.68. The minimum absolute atomic E-state index is 0.140. The van der Waals surface area contributed by atoms with Gasteiger partial charge in [0.05, 0.1) is 29.0 Å². The normalized spacial score (nSPS) is 10.8. The van der Waals surface area contributed by atoms with E-state index in [-0.39, 0.29) is 5.56 Å². The maximum Gasteiger partial charge on any atom is 0.339 e. The van der Waals surface area contributed by atoms with Gasteiger partial charge in [-0.15, -0.1) is 0 Å². The van der Waals surface area contributed by atoms with Crippen LogP contribution in [0.1, 0.15) is 10.4 Å². The molecule has 2 heterocycles. The van der Waals surface area contributed by atoms with Crippen LogP contribution in [0.3, 0.4) is 0 Å². The van der Waals surface area contributed by atoms with Crippen molar-refractivity contribution in [1.82, 2.24) is 9.61 Å². The molecule has 0 bridgehead atoms. The summed E-state index contributed by atoms with van der Waals surface area (Å²) in [4.78, 5) is 11.0. The van der Waals surface area contributed by atoms with Crippen LogP contribution in [0.5, 0.6) is 0 Å². The lowest BCUT2D eigenvalue weighted by Gasteiger charge is -2.08. The van der Waals surface area contributed by atoms with E-state index in [0.717, 1.165) is 0 Å². The van der Waals surface area contributed by atoms with Crippen molar-refractivity contribution in [2.24, 2.45) is 0 Å². The van der Waals surface area contributed by atoms with E-state index >= 15 is 0 Å². The number of aromatic nitrogens is 2. The van der Waals surface area contributed by atoms with E-state index < -0.39 is 5.97 Å². The molecule has 0 fully saturated rings. The van der Waals surface area contributed by atoms with Gasteiger partial charge in [0.1, 0.15) is 5.56 Å². The number of pyridine rings is 1. The van der Waals surface area contributed by atoms with Crippen LogP contribution >= 0.6 is 11.6 Å². The molecule has 18 heavy (non-hydrogen) atoms. The van der Waals surface area contributed by atoms with Crippen molar-refractivity contribution in [3.05, 3.63) is 29.0 Å². The summed E-state index contributed by atoms with van der Waals surface area (Å²) >= 11 is 6.06. The van der Waals surface area contributed by atoms with E-state index in [1.807, 2.05) is 0 Å². The second kappa shape index (κ2) is 5.24. The number of carboxylic acids is 1. The summed E-state index contributed by atoms with van der Waals surface area (Å²) in [5, 5.41) is 16.5. The van der Waals surface area contributed by atoms with Crippen molar-refractivity contribution < 1.29 is 14.6 Å².